The van der Waals surface area contributed by atoms with Gasteiger partial charge in [-0.1, -0.05) is 52.4 Å². The predicted octanol–water partition coefficient (Wildman–Crippen LogP) is 5.90. The van der Waals surface area contributed by atoms with Crippen LogP contribution >= 0.6 is 0 Å². The van der Waals surface area contributed by atoms with E-state index in [1.807, 2.05) is 0 Å². The summed E-state index contributed by atoms with van der Waals surface area (Å²) in [5.41, 5.74) is -0.0895. The fourth-order valence-corrected chi connectivity index (χ4v) is 2.51. The summed E-state index contributed by atoms with van der Waals surface area (Å²) in [6, 6.07) is 1.56. The molecule has 1 unspecified atom stereocenters. The first-order valence-corrected chi connectivity index (χ1v) is 7.96. The van der Waals surface area contributed by atoms with Crippen LogP contribution in [-0.2, 0) is 0 Å². The highest BCUT2D eigenvalue weighted by Gasteiger charge is 2.11. The van der Waals surface area contributed by atoms with Gasteiger partial charge < -0.3 is 5.32 Å². The molecular formula is C17H26F3N. The average molecular weight is 301 g/mol. The van der Waals surface area contributed by atoms with Crippen LogP contribution in [0, 0.1) is 23.4 Å². The Morgan fingerprint density at radius 1 is 1.00 bits per heavy atom. The highest BCUT2D eigenvalue weighted by atomic mass is 19.2. The standard InChI is InChI=1S/C17H26F3N/c1-3-5-6-7-8-13(4-2)9-10-21-16-12-14(18)11-15(19)17(16)20/h11-13,21H,3-10H2,1-2H3. The monoisotopic (exact) mass is 301 g/mol. The number of hydrogen-bond donors (Lipinski definition) is 1. The Morgan fingerprint density at radius 3 is 2.43 bits per heavy atom. The summed E-state index contributed by atoms with van der Waals surface area (Å²) in [6.07, 6.45) is 8.09. The third-order valence-electron chi connectivity index (χ3n) is 3.90. The SMILES string of the molecule is CCCCCCC(CC)CCNc1cc(F)cc(F)c1F. The zero-order chi connectivity index (χ0) is 15.7. The van der Waals surface area contributed by atoms with Gasteiger partial charge in [-0.15, -0.1) is 0 Å². The van der Waals surface area contributed by atoms with E-state index in [1.165, 1.54) is 25.7 Å². The number of benzene rings is 1. The highest BCUT2D eigenvalue weighted by Crippen LogP contribution is 2.21. The van der Waals surface area contributed by atoms with Gasteiger partial charge in [0, 0.05) is 18.7 Å². The van der Waals surface area contributed by atoms with Gasteiger partial charge in [0.2, 0.25) is 0 Å². The number of anilines is 1. The van der Waals surface area contributed by atoms with Crippen LogP contribution in [0.5, 0.6) is 0 Å². The Bertz CT molecular complexity index is 421. The molecule has 1 atom stereocenters. The molecule has 0 bridgehead atoms. The Hall–Kier alpha value is -1.19. The summed E-state index contributed by atoms with van der Waals surface area (Å²) in [6.45, 7) is 4.87. The van der Waals surface area contributed by atoms with E-state index in [0.29, 0.717) is 18.5 Å². The second-order valence-electron chi connectivity index (χ2n) is 5.59. The van der Waals surface area contributed by atoms with Crippen molar-refractivity contribution in [2.75, 3.05) is 11.9 Å². The normalized spacial score (nSPS) is 12.4. The Balaban J connectivity index is 2.37. The van der Waals surface area contributed by atoms with Gasteiger partial charge in [0.15, 0.2) is 11.6 Å². The summed E-state index contributed by atoms with van der Waals surface area (Å²) in [4.78, 5) is 0. The van der Waals surface area contributed by atoms with E-state index in [0.717, 1.165) is 25.3 Å². The molecule has 1 aromatic carbocycles. The van der Waals surface area contributed by atoms with E-state index in [2.05, 4.69) is 19.2 Å². The summed E-state index contributed by atoms with van der Waals surface area (Å²) in [5.74, 6) is -2.34. The molecule has 0 heterocycles. The zero-order valence-corrected chi connectivity index (χ0v) is 13.0. The predicted molar refractivity (Wildman–Crippen MR) is 82.0 cm³/mol. The Labute approximate surface area is 125 Å². The third-order valence-corrected chi connectivity index (χ3v) is 3.90. The van der Waals surface area contributed by atoms with Gasteiger partial charge in [0.05, 0.1) is 5.69 Å². The van der Waals surface area contributed by atoms with Crippen molar-refractivity contribution in [2.45, 2.75) is 58.8 Å². The van der Waals surface area contributed by atoms with Crippen LogP contribution in [0.2, 0.25) is 0 Å². The molecule has 0 saturated carbocycles. The molecule has 1 N–H and O–H groups in total. The van der Waals surface area contributed by atoms with Crippen molar-refractivity contribution in [3.63, 3.8) is 0 Å². The van der Waals surface area contributed by atoms with Crippen molar-refractivity contribution in [3.05, 3.63) is 29.6 Å². The molecule has 1 rings (SSSR count). The molecule has 1 aromatic rings. The smallest absolute Gasteiger partial charge is 0.182 e. The van der Waals surface area contributed by atoms with Crippen molar-refractivity contribution >= 4 is 5.69 Å². The fourth-order valence-electron chi connectivity index (χ4n) is 2.51. The van der Waals surface area contributed by atoms with E-state index in [1.54, 1.807) is 0 Å². The fraction of sp³-hybridized carbons (Fsp3) is 0.647. The maximum atomic E-state index is 13.5. The van der Waals surface area contributed by atoms with Crippen molar-refractivity contribution in [2.24, 2.45) is 5.92 Å². The summed E-state index contributed by atoms with van der Waals surface area (Å²) in [7, 11) is 0. The second kappa shape index (κ2) is 9.69. The molecule has 4 heteroatoms. The molecule has 0 amide bonds. The van der Waals surface area contributed by atoms with Crippen LogP contribution in [0.15, 0.2) is 12.1 Å². The summed E-state index contributed by atoms with van der Waals surface area (Å²) < 4.78 is 39.6. The van der Waals surface area contributed by atoms with Gasteiger partial charge in [-0.25, -0.2) is 13.2 Å². The summed E-state index contributed by atoms with van der Waals surface area (Å²) in [5, 5.41) is 2.81. The lowest BCUT2D eigenvalue weighted by Crippen LogP contribution is -2.10. The third kappa shape index (κ3) is 6.40. The van der Waals surface area contributed by atoms with Gasteiger partial charge in [0.1, 0.15) is 5.82 Å². The molecule has 0 spiro atoms. The minimum Gasteiger partial charge on any atom is -0.382 e. The minimum absolute atomic E-state index is 0.0895. The lowest BCUT2D eigenvalue weighted by Gasteiger charge is -2.16. The van der Waals surface area contributed by atoms with Gasteiger partial charge >= 0.3 is 0 Å². The van der Waals surface area contributed by atoms with Gasteiger partial charge in [-0.2, -0.15) is 0 Å². The van der Waals surface area contributed by atoms with E-state index in [9.17, 15) is 13.2 Å². The maximum Gasteiger partial charge on any atom is 0.182 e. The van der Waals surface area contributed by atoms with Crippen LogP contribution in [0.1, 0.15) is 58.8 Å². The lowest BCUT2D eigenvalue weighted by molar-refractivity contribution is 0.422. The molecular weight excluding hydrogens is 275 g/mol. The van der Waals surface area contributed by atoms with Crippen molar-refractivity contribution in [3.8, 4) is 0 Å². The van der Waals surface area contributed by atoms with Crippen LogP contribution in [-0.4, -0.2) is 6.54 Å². The summed E-state index contributed by atoms with van der Waals surface area (Å²) >= 11 is 0. The largest absolute Gasteiger partial charge is 0.382 e. The minimum atomic E-state index is -1.15. The van der Waals surface area contributed by atoms with Gasteiger partial charge in [-0.05, 0) is 12.3 Å². The van der Waals surface area contributed by atoms with E-state index in [4.69, 9.17) is 0 Å². The van der Waals surface area contributed by atoms with Crippen LogP contribution in [0.4, 0.5) is 18.9 Å². The zero-order valence-electron chi connectivity index (χ0n) is 13.0. The van der Waals surface area contributed by atoms with E-state index in [-0.39, 0.29) is 5.69 Å². The van der Waals surface area contributed by atoms with E-state index >= 15 is 0 Å². The maximum absolute atomic E-state index is 13.5. The van der Waals surface area contributed by atoms with Gasteiger partial charge in [0.25, 0.3) is 0 Å². The van der Waals surface area contributed by atoms with Crippen molar-refractivity contribution in [1.82, 2.24) is 0 Å². The first-order valence-electron chi connectivity index (χ1n) is 7.96. The number of unbranched alkanes of at least 4 members (excludes halogenated alkanes) is 3. The molecule has 0 aromatic heterocycles. The number of nitrogens with one attached hydrogen (secondary N) is 1. The number of halogens is 3. The van der Waals surface area contributed by atoms with Crippen LogP contribution in [0.3, 0.4) is 0 Å². The van der Waals surface area contributed by atoms with E-state index < -0.39 is 17.5 Å². The molecule has 0 aliphatic rings. The second-order valence-corrected chi connectivity index (χ2v) is 5.59. The Kier molecular flexibility index (Phi) is 8.24. The van der Waals surface area contributed by atoms with Crippen LogP contribution < -0.4 is 5.32 Å². The number of rotatable bonds is 10. The van der Waals surface area contributed by atoms with Gasteiger partial charge in [-0.3, -0.25) is 0 Å². The molecule has 21 heavy (non-hydrogen) atoms. The van der Waals surface area contributed by atoms with Crippen molar-refractivity contribution < 1.29 is 13.2 Å². The molecule has 1 nitrogen and oxygen atoms in total. The Morgan fingerprint density at radius 2 is 1.76 bits per heavy atom. The molecule has 120 valence electrons. The highest BCUT2D eigenvalue weighted by molar-refractivity contribution is 5.45. The average Bonchev–Trinajstić information content (AvgIpc) is 2.46. The molecule has 0 radical (unpaired) electrons. The molecule has 0 aliphatic heterocycles. The molecule has 0 saturated heterocycles. The molecule has 0 aliphatic carbocycles. The number of hydrogen-bond acceptors (Lipinski definition) is 1. The topological polar surface area (TPSA) is 12.0 Å². The quantitative estimate of drug-likeness (QED) is 0.419. The first-order chi connectivity index (χ1) is 10.1. The lowest BCUT2D eigenvalue weighted by atomic mass is 9.95. The van der Waals surface area contributed by atoms with Crippen molar-refractivity contribution in [1.29, 1.82) is 0 Å². The molecule has 0 fully saturated rings. The first kappa shape index (κ1) is 17.9. The van der Waals surface area contributed by atoms with Crippen LogP contribution in [0.25, 0.3) is 0 Å².